The van der Waals surface area contributed by atoms with Gasteiger partial charge in [0.15, 0.2) is 0 Å². The summed E-state index contributed by atoms with van der Waals surface area (Å²) < 4.78 is 5.40. The first-order valence-electron chi connectivity index (χ1n) is 5.67. The van der Waals surface area contributed by atoms with Crippen LogP contribution in [0.4, 0.5) is 0 Å². The highest BCUT2D eigenvalue weighted by Crippen LogP contribution is 2.23. The van der Waals surface area contributed by atoms with Crippen molar-refractivity contribution in [1.29, 1.82) is 0 Å². The topological polar surface area (TPSA) is 26.3 Å². The molecule has 0 fully saturated rings. The molecular formula is C15H14O2S. The molecule has 1 aromatic carbocycles. The monoisotopic (exact) mass is 258 g/mol. The molecule has 1 atom stereocenters. The number of hydrogen-bond acceptors (Lipinski definition) is 3. The van der Waals surface area contributed by atoms with Crippen LogP contribution in [0.1, 0.15) is 33.8 Å². The van der Waals surface area contributed by atoms with Gasteiger partial charge in [-0.1, -0.05) is 30.9 Å². The lowest BCUT2D eigenvalue weighted by atomic mass is 10.1. The second-order valence-electron chi connectivity index (χ2n) is 3.89. The molecule has 0 spiro atoms. The molecule has 0 amide bonds. The van der Waals surface area contributed by atoms with E-state index in [1.165, 1.54) is 0 Å². The minimum Gasteiger partial charge on any atom is -0.453 e. The van der Waals surface area contributed by atoms with E-state index in [-0.39, 0.29) is 12.1 Å². The Hall–Kier alpha value is -1.87. The quantitative estimate of drug-likeness (QED) is 0.764. The van der Waals surface area contributed by atoms with Crippen LogP contribution < -0.4 is 0 Å². The van der Waals surface area contributed by atoms with E-state index in [1.54, 1.807) is 29.5 Å². The van der Waals surface area contributed by atoms with Crippen molar-refractivity contribution in [3.8, 4) is 0 Å². The van der Waals surface area contributed by atoms with Gasteiger partial charge in [0.25, 0.3) is 0 Å². The zero-order valence-electron chi connectivity index (χ0n) is 10.1. The Morgan fingerprint density at radius 3 is 2.61 bits per heavy atom. The van der Waals surface area contributed by atoms with E-state index in [0.717, 1.165) is 10.4 Å². The lowest BCUT2D eigenvalue weighted by Crippen LogP contribution is -2.08. The van der Waals surface area contributed by atoms with Gasteiger partial charge in [-0.25, -0.2) is 4.79 Å². The van der Waals surface area contributed by atoms with E-state index < -0.39 is 0 Å². The lowest BCUT2D eigenvalue weighted by Gasteiger charge is -2.11. The molecule has 2 aromatic rings. The number of thiophene rings is 1. The first kappa shape index (κ1) is 12.6. The summed E-state index contributed by atoms with van der Waals surface area (Å²) in [5.41, 5.74) is 1.54. The highest BCUT2D eigenvalue weighted by Gasteiger charge is 2.13. The van der Waals surface area contributed by atoms with Crippen molar-refractivity contribution in [1.82, 2.24) is 0 Å². The van der Waals surface area contributed by atoms with Crippen LogP contribution in [0.3, 0.4) is 0 Å². The average molecular weight is 258 g/mol. The van der Waals surface area contributed by atoms with Gasteiger partial charge in [0.1, 0.15) is 6.10 Å². The number of carbonyl (C=O) groups is 1. The molecular weight excluding hydrogens is 244 g/mol. The summed E-state index contributed by atoms with van der Waals surface area (Å²) in [5, 5.41) is 1.97. The van der Waals surface area contributed by atoms with E-state index in [2.05, 4.69) is 6.58 Å². The lowest BCUT2D eigenvalue weighted by molar-refractivity contribution is 0.0345. The highest BCUT2D eigenvalue weighted by molar-refractivity contribution is 7.10. The predicted molar refractivity (Wildman–Crippen MR) is 74.7 cm³/mol. The first-order valence-corrected chi connectivity index (χ1v) is 6.55. The Balaban J connectivity index is 2.05. The first-order chi connectivity index (χ1) is 8.70. The normalized spacial score (nSPS) is 11.8. The van der Waals surface area contributed by atoms with Crippen molar-refractivity contribution in [2.45, 2.75) is 13.0 Å². The summed E-state index contributed by atoms with van der Waals surface area (Å²) in [6.07, 6.45) is 1.53. The maximum Gasteiger partial charge on any atom is 0.338 e. The molecule has 2 rings (SSSR count). The van der Waals surface area contributed by atoms with Crippen LogP contribution in [0.15, 0.2) is 48.4 Å². The van der Waals surface area contributed by atoms with Crippen molar-refractivity contribution < 1.29 is 9.53 Å². The molecule has 0 bridgehead atoms. The molecule has 92 valence electrons. The van der Waals surface area contributed by atoms with Crippen LogP contribution in [0.25, 0.3) is 6.08 Å². The Labute approximate surface area is 111 Å². The molecule has 0 saturated carbocycles. The van der Waals surface area contributed by atoms with Gasteiger partial charge in [0.05, 0.1) is 5.56 Å². The van der Waals surface area contributed by atoms with Gasteiger partial charge in [-0.05, 0) is 36.1 Å². The summed E-state index contributed by atoms with van der Waals surface area (Å²) in [5.74, 6) is -0.300. The summed E-state index contributed by atoms with van der Waals surface area (Å²) in [7, 11) is 0. The number of benzene rings is 1. The van der Waals surface area contributed by atoms with Crippen LogP contribution in [0.2, 0.25) is 0 Å². The van der Waals surface area contributed by atoms with Crippen molar-refractivity contribution in [2.75, 3.05) is 0 Å². The van der Waals surface area contributed by atoms with Gasteiger partial charge in [0.2, 0.25) is 0 Å². The van der Waals surface area contributed by atoms with Gasteiger partial charge in [-0.2, -0.15) is 0 Å². The van der Waals surface area contributed by atoms with E-state index in [0.29, 0.717) is 5.56 Å². The van der Waals surface area contributed by atoms with Gasteiger partial charge in [0, 0.05) is 4.88 Å². The molecule has 0 aliphatic rings. The third-order valence-corrected chi connectivity index (χ3v) is 3.64. The molecule has 3 heteroatoms. The van der Waals surface area contributed by atoms with Crippen LogP contribution >= 0.6 is 11.3 Å². The van der Waals surface area contributed by atoms with Gasteiger partial charge in [-0.15, -0.1) is 11.3 Å². The third-order valence-electron chi connectivity index (χ3n) is 2.61. The summed E-state index contributed by atoms with van der Waals surface area (Å²) in [6, 6.07) is 11.1. The molecule has 0 saturated heterocycles. The summed E-state index contributed by atoms with van der Waals surface area (Å²) in [6.45, 7) is 5.55. The molecule has 1 aromatic heterocycles. The Morgan fingerprint density at radius 1 is 1.33 bits per heavy atom. The molecule has 0 aliphatic carbocycles. The standard InChI is InChI=1S/C15H14O2S/c1-3-12-6-8-13(9-7-12)15(16)17-11(2)14-5-4-10-18-14/h3-11H,1H2,2H3. The van der Waals surface area contributed by atoms with Crippen LogP contribution in [0.5, 0.6) is 0 Å². The van der Waals surface area contributed by atoms with Crippen molar-refractivity contribution in [3.63, 3.8) is 0 Å². The minimum atomic E-state index is -0.300. The number of ether oxygens (including phenoxy) is 1. The van der Waals surface area contributed by atoms with E-state index >= 15 is 0 Å². The molecule has 0 N–H and O–H groups in total. The van der Waals surface area contributed by atoms with Crippen molar-refractivity contribution >= 4 is 23.4 Å². The van der Waals surface area contributed by atoms with E-state index in [4.69, 9.17) is 4.74 Å². The predicted octanol–water partition coefficient (Wildman–Crippen LogP) is 4.31. The Morgan fingerprint density at radius 2 is 2.06 bits per heavy atom. The number of carbonyl (C=O) groups excluding carboxylic acids is 1. The molecule has 1 unspecified atom stereocenters. The summed E-state index contributed by atoms with van der Waals surface area (Å²) >= 11 is 1.58. The molecule has 0 radical (unpaired) electrons. The fraction of sp³-hybridized carbons (Fsp3) is 0.133. The largest absolute Gasteiger partial charge is 0.453 e. The number of rotatable bonds is 4. The third kappa shape index (κ3) is 2.87. The van der Waals surface area contributed by atoms with Gasteiger partial charge in [-0.3, -0.25) is 0 Å². The number of esters is 1. The smallest absolute Gasteiger partial charge is 0.338 e. The molecule has 2 nitrogen and oxygen atoms in total. The maximum absolute atomic E-state index is 11.9. The van der Waals surface area contributed by atoms with Crippen molar-refractivity contribution in [2.24, 2.45) is 0 Å². The highest BCUT2D eigenvalue weighted by atomic mass is 32.1. The molecule has 18 heavy (non-hydrogen) atoms. The van der Waals surface area contributed by atoms with Crippen LogP contribution in [0, 0.1) is 0 Å². The van der Waals surface area contributed by atoms with Crippen LogP contribution in [-0.2, 0) is 4.74 Å². The van der Waals surface area contributed by atoms with Gasteiger partial charge >= 0.3 is 5.97 Å². The zero-order chi connectivity index (χ0) is 13.0. The second-order valence-corrected chi connectivity index (χ2v) is 4.87. The van der Waals surface area contributed by atoms with Gasteiger partial charge < -0.3 is 4.74 Å². The fourth-order valence-corrected chi connectivity index (χ4v) is 2.28. The SMILES string of the molecule is C=Cc1ccc(C(=O)OC(C)c2cccs2)cc1. The maximum atomic E-state index is 11.9. The second kappa shape index (κ2) is 5.65. The Bertz CT molecular complexity index is 526. The number of hydrogen-bond donors (Lipinski definition) is 0. The molecule has 0 aliphatic heterocycles. The molecule has 1 heterocycles. The summed E-state index contributed by atoms with van der Waals surface area (Å²) in [4.78, 5) is 13.0. The van der Waals surface area contributed by atoms with E-state index in [9.17, 15) is 4.79 Å². The Kier molecular flexibility index (Phi) is 3.95. The fourth-order valence-electron chi connectivity index (χ4n) is 1.56. The average Bonchev–Trinajstić information content (AvgIpc) is 2.92. The van der Waals surface area contributed by atoms with Crippen molar-refractivity contribution in [3.05, 3.63) is 64.4 Å². The van der Waals surface area contributed by atoms with E-state index in [1.807, 2.05) is 36.6 Å². The van der Waals surface area contributed by atoms with Crippen LogP contribution in [-0.4, -0.2) is 5.97 Å². The zero-order valence-corrected chi connectivity index (χ0v) is 10.9. The minimum absolute atomic E-state index is 0.211.